The molecule has 0 radical (unpaired) electrons. The third-order valence-corrected chi connectivity index (χ3v) is 6.90. The summed E-state index contributed by atoms with van der Waals surface area (Å²) in [6.45, 7) is 6.54. The van der Waals surface area contributed by atoms with Crippen molar-refractivity contribution in [2.45, 2.75) is 33.2 Å². The van der Waals surface area contributed by atoms with Crippen molar-refractivity contribution in [3.63, 3.8) is 0 Å². The van der Waals surface area contributed by atoms with E-state index in [1.165, 1.54) is 9.75 Å². The van der Waals surface area contributed by atoms with Crippen molar-refractivity contribution in [3.05, 3.63) is 60.3 Å². The van der Waals surface area contributed by atoms with Crippen LogP contribution < -0.4 is 16.1 Å². The van der Waals surface area contributed by atoms with Gasteiger partial charge < -0.3 is 15.6 Å². The predicted octanol–water partition coefficient (Wildman–Crippen LogP) is 4.88. The fourth-order valence-electron chi connectivity index (χ4n) is 3.04. The molecule has 0 unspecified atom stereocenters. The first kappa shape index (κ1) is 20.7. The zero-order valence-corrected chi connectivity index (χ0v) is 18.5. The van der Waals surface area contributed by atoms with Crippen molar-refractivity contribution in [2.24, 2.45) is 0 Å². The second-order valence-corrected chi connectivity index (χ2v) is 8.40. The summed E-state index contributed by atoms with van der Waals surface area (Å²) in [5.41, 5.74) is 2.01. The largest absolute Gasteiger partial charge is 0.371 e. The molecular weight excluding hydrogens is 434 g/mol. The Morgan fingerprint density at radius 2 is 2.04 bits per heavy atom. The van der Waals surface area contributed by atoms with E-state index in [-0.39, 0.29) is 5.43 Å². The summed E-state index contributed by atoms with van der Waals surface area (Å²) in [6.07, 6.45) is 1.97. The predicted molar refractivity (Wildman–Crippen MR) is 123 cm³/mol. The molecule has 0 aliphatic heterocycles. The van der Waals surface area contributed by atoms with Crippen LogP contribution in [0, 0.1) is 11.8 Å². The van der Waals surface area contributed by atoms with Crippen molar-refractivity contribution in [1.29, 1.82) is 0 Å². The summed E-state index contributed by atoms with van der Waals surface area (Å²) < 4.78 is 1.15. The Labute approximate surface area is 177 Å². The Morgan fingerprint density at radius 1 is 1.21 bits per heavy atom. The number of pyridine rings is 1. The highest BCUT2D eigenvalue weighted by molar-refractivity contribution is 9.10. The van der Waals surface area contributed by atoms with Crippen LogP contribution in [-0.4, -0.2) is 18.1 Å². The molecule has 0 amide bonds. The van der Waals surface area contributed by atoms with Gasteiger partial charge in [0.05, 0.1) is 11.1 Å². The maximum absolute atomic E-state index is 12.1. The van der Waals surface area contributed by atoms with Gasteiger partial charge in [0, 0.05) is 38.8 Å². The molecule has 0 aliphatic rings. The van der Waals surface area contributed by atoms with Gasteiger partial charge in [-0.1, -0.05) is 25.0 Å². The number of para-hydroxylation sites is 1. The summed E-state index contributed by atoms with van der Waals surface area (Å²) >= 11 is 5.51. The van der Waals surface area contributed by atoms with Crippen LogP contribution in [0.4, 0.5) is 5.82 Å². The smallest absolute Gasteiger partial charge is 0.191 e. The summed E-state index contributed by atoms with van der Waals surface area (Å²) in [5.74, 6) is 6.99. The minimum absolute atomic E-state index is 0.0366. The summed E-state index contributed by atoms with van der Waals surface area (Å²) in [5, 5.41) is 7.53. The van der Waals surface area contributed by atoms with Gasteiger partial charge in [-0.2, -0.15) is 0 Å². The summed E-state index contributed by atoms with van der Waals surface area (Å²) in [7, 11) is 0. The van der Waals surface area contributed by atoms with Crippen LogP contribution in [0.1, 0.15) is 35.6 Å². The summed E-state index contributed by atoms with van der Waals surface area (Å²) in [6, 6.07) is 9.19. The van der Waals surface area contributed by atoms with Crippen LogP contribution in [0.15, 0.2) is 39.6 Å². The Kier molecular flexibility index (Phi) is 7.32. The van der Waals surface area contributed by atoms with E-state index in [1.807, 2.05) is 42.5 Å². The number of aromatic amines is 1. The maximum Gasteiger partial charge on any atom is 0.191 e. The van der Waals surface area contributed by atoms with Crippen LogP contribution in [0.3, 0.4) is 0 Å². The molecule has 0 saturated heterocycles. The van der Waals surface area contributed by atoms with E-state index >= 15 is 0 Å². The summed E-state index contributed by atoms with van der Waals surface area (Å²) in [4.78, 5) is 18.0. The lowest BCUT2D eigenvalue weighted by molar-refractivity contribution is 0.667. The van der Waals surface area contributed by atoms with Gasteiger partial charge in [-0.15, -0.1) is 17.3 Å². The number of halogens is 1. The van der Waals surface area contributed by atoms with Gasteiger partial charge in [0.25, 0.3) is 0 Å². The van der Waals surface area contributed by atoms with Crippen LogP contribution in [0.5, 0.6) is 0 Å². The number of benzene rings is 1. The number of H-pyrrole nitrogens is 1. The number of hydrogen-bond donors (Lipinski definition) is 3. The fraction of sp³-hybridized carbons (Fsp3) is 0.318. The monoisotopic (exact) mass is 457 g/mol. The van der Waals surface area contributed by atoms with Gasteiger partial charge in [0.15, 0.2) is 5.43 Å². The Bertz CT molecular complexity index is 1070. The molecule has 0 saturated carbocycles. The van der Waals surface area contributed by atoms with Crippen molar-refractivity contribution in [3.8, 4) is 11.8 Å². The van der Waals surface area contributed by atoms with Crippen molar-refractivity contribution >= 4 is 44.0 Å². The van der Waals surface area contributed by atoms with Crippen LogP contribution in [0.2, 0.25) is 0 Å². The third kappa shape index (κ3) is 4.85. The molecule has 6 heteroatoms. The highest BCUT2D eigenvalue weighted by Crippen LogP contribution is 2.33. The van der Waals surface area contributed by atoms with Gasteiger partial charge in [-0.25, -0.2) is 0 Å². The molecule has 2 aromatic heterocycles. The number of rotatable bonds is 8. The number of aryl methyl sites for hydroxylation is 1. The number of nitrogens with one attached hydrogen (secondary N) is 3. The molecule has 3 N–H and O–H groups in total. The van der Waals surface area contributed by atoms with Crippen molar-refractivity contribution in [1.82, 2.24) is 10.3 Å². The van der Waals surface area contributed by atoms with Crippen molar-refractivity contribution in [2.75, 3.05) is 18.4 Å². The number of aromatic nitrogens is 1. The van der Waals surface area contributed by atoms with E-state index in [2.05, 4.69) is 50.3 Å². The molecular formula is C22H24BrN3OS. The Hall–Kier alpha value is -2.07. The van der Waals surface area contributed by atoms with Crippen LogP contribution >= 0.6 is 27.3 Å². The second-order valence-electron chi connectivity index (χ2n) is 6.42. The van der Waals surface area contributed by atoms with E-state index in [1.54, 1.807) is 6.07 Å². The molecule has 3 rings (SSSR count). The lowest BCUT2D eigenvalue weighted by Crippen LogP contribution is -2.18. The Balaban J connectivity index is 1.49. The molecule has 2 heterocycles. The van der Waals surface area contributed by atoms with Crippen LogP contribution in [-0.2, 0) is 13.0 Å². The van der Waals surface area contributed by atoms with Gasteiger partial charge in [-0.05, 0) is 54.4 Å². The molecule has 0 bridgehead atoms. The fourth-order valence-corrected chi connectivity index (χ4v) is 5.09. The lowest BCUT2D eigenvalue weighted by atomic mass is 10.2. The van der Waals surface area contributed by atoms with Gasteiger partial charge in [0.1, 0.15) is 5.82 Å². The molecule has 146 valence electrons. The van der Waals surface area contributed by atoms with E-state index in [9.17, 15) is 4.79 Å². The van der Waals surface area contributed by atoms with E-state index in [4.69, 9.17) is 0 Å². The number of hydrogen-bond acceptors (Lipinski definition) is 4. The first-order valence-electron chi connectivity index (χ1n) is 9.43. The van der Waals surface area contributed by atoms with Gasteiger partial charge in [-0.3, -0.25) is 4.79 Å². The molecule has 1 aromatic carbocycles. The molecule has 28 heavy (non-hydrogen) atoms. The number of fused-ring (bicyclic) bond motifs is 1. The third-order valence-electron chi connectivity index (χ3n) is 4.43. The van der Waals surface area contributed by atoms with Gasteiger partial charge >= 0.3 is 0 Å². The molecule has 0 atom stereocenters. The van der Waals surface area contributed by atoms with E-state index < -0.39 is 0 Å². The normalized spacial score (nSPS) is 10.7. The molecule has 0 fully saturated rings. The standard InChI is InChI=1S/C22H24BrN3OS/c1-3-8-16-20(28-19(4-2)22(16)23)14-24-11-7-12-25-21-13-18(27)15-9-5-6-10-17(15)26-21/h5-6,9-10,13,24H,4,7,11-12,14H2,1-2H3,(H2,25,26,27). The second kappa shape index (κ2) is 9.92. The lowest BCUT2D eigenvalue weighted by Gasteiger charge is -2.08. The number of thiophene rings is 1. The maximum atomic E-state index is 12.1. The quantitative estimate of drug-likeness (QED) is 0.333. The first-order chi connectivity index (χ1) is 13.6. The van der Waals surface area contributed by atoms with E-state index in [0.717, 1.165) is 53.8 Å². The highest BCUT2D eigenvalue weighted by atomic mass is 79.9. The average molecular weight is 458 g/mol. The first-order valence-corrected chi connectivity index (χ1v) is 11.0. The SMILES string of the molecule is CC#Cc1c(CNCCCNc2cc(=O)c3ccccc3[nH]2)sc(CC)c1Br. The topological polar surface area (TPSA) is 56.9 Å². The van der Waals surface area contributed by atoms with Crippen LogP contribution in [0.25, 0.3) is 10.9 Å². The minimum atomic E-state index is 0.0366. The highest BCUT2D eigenvalue weighted by Gasteiger charge is 2.13. The molecule has 0 spiro atoms. The Morgan fingerprint density at radius 3 is 2.82 bits per heavy atom. The zero-order chi connectivity index (χ0) is 19.9. The van der Waals surface area contributed by atoms with E-state index in [0.29, 0.717) is 5.39 Å². The number of anilines is 1. The molecule has 0 aliphatic carbocycles. The average Bonchev–Trinajstić information content (AvgIpc) is 3.00. The zero-order valence-electron chi connectivity index (χ0n) is 16.1. The van der Waals surface area contributed by atoms with Gasteiger partial charge in [0.2, 0.25) is 0 Å². The minimum Gasteiger partial charge on any atom is -0.371 e. The van der Waals surface area contributed by atoms with Crippen molar-refractivity contribution < 1.29 is 0 Å². The molecule has 4 nitrogen and oxygen atoms in total. The molecule has 3 aromatic rings.